The molecule has 20 heavy (non-hydrogen) atoms. The average Bonchev–Trinajstić information content (AvgIpc) is 2.44. The number of amidine groups is 1. The summed E-state index contributed by atoms with van der Waals surface area (Å²) in [5.41, 5.74) is 14.4. The van der Waals surface area contributed by atoms with Crippen LogP contribution < -0.4 is 16.2 Å². The second kappa shape index (κ2) is 5.09. The van der Waals surface area contributed by atoms with Gasteiger partial charge in [-0.2, -0.15) is 0 Å². The molecule has 1 aliphatic carbocycles. The van der Waals surface area contributed by atoms with Crippen molar-refractivity contribution < 1.29 is 4.74 Å². The van der Waals surface area contributed by atoms with Crippen LogP contribution in [0.1, 0.15) is 37.3 Å². The summed E-state index contributed by atoms with van der Waals surface area (Å²) in [4.78, 5) is 4.64. The Balaban J connectivity index is 1.73. The Kier molecular flexibility index (Phi) is 3.42. The van der Waals surface area contributed by atoms with Crippen LogP contribution in [0, 0.1) is 5.41 Å². The summed E-state index contributed by atoms with van der Waals surface area (Å²) in [6.07, 6.45) is 4.21. The van der Waals surface area contributed by atoms with Crippen LogP contribution >= 0.6 is 0 Å². The van der Waals surface area contributed by atoms with E-state index < -0.39 is 0 Å². The van der Waals surface area contributed by atoms with E-state index in [1.165, 1.54) is 5.56 Å². The molecule has 1 aromatic rings. The summed E-state index contributed by atoms with van der Waals surface area (Å²) in [6.45, 7) is 3.76. The summed E-state index contributed by atoms with van der Waals surface area (Å²) >= 11 is 0. The van der Waals surface area contributed by atoms with Crippen molar-refractivity contribution in [2.45, 2.75) is 38.6 Å². The number of nitrogens with two attached hydrogens (primary N) is 2. The fourth-order valence-electron chi connectivity index (χ4n) is 3.13. The van der Waals surface area contributed by atoms with Gasteiger partial charge in [0, 0.05) is 5.56 Å². The van der Waals surface area contributed by atoms with Gasteiger partial charge in [0.2, 0.25) is 0 Å². The smallest absolute Gasteiger partial charge is 0.125 e. The fourth-order valence-corrected chi connectivity index (χ4v) is 3.13. The van der Waals surface area contributed by atoms with Crippen LogP contribution in [0.4, 0.5) is 0 Å². The first kappa shape index (κ1) is 13.4. The highest BCUT2D eigenvalue weighted by atomic mass is 16.5. The van der Waals surface area contributed by atoms with Gasteiger partial charge in [0.15, 0.2) is 0 Å². The predicted octanol–water partition coefficient (Wildman–Crippen LogP) is 1.84. The van der Waals surface area contributed by atoms with Crippen LogP contribution in [0.3, 0.4) is 0 Å². The number of ether oxygens (including phenoxy) is 1. The predicted molar refractivity (Wildman–Crippen MR) is 81.2 cm³/mol. The number of aryl methyl sites for hydroxylation is 1. The van der Waals surface area contributed by atoms with E-state index in [4.69, 9.17) is 16.2 Å². The zero-order chi connectivity index (χ0) is 14.2. The Morgan fingerprint density at radius 3 is 3.00 bits per heavy atom. The lowest BCUT2D eigenvalue weighted by Gasteiger charge is -2.42. The Hall–Kier alpha value is -1.55. The first-order chi connectivity index (χ1) is 9.59. The second-order valence-electron chi connectivity index (χ2n) is 6.37. The number of nitrogens with zero attached hydrogens (tertiary/aromatic N) is 1. The van der Waals surface area contributed by atoms with Crippen LogP contribution in [-0.2, 0) is 6.42 Å². The van der Waals surface area contributed by atoms with Gasteiger partial charge in [-0.1, -0.05) is 6.92 Å². The van der Waals surface area contributed by atoms with Gasteiger partial charge in [0.05, 0.1) is 12.6 Å². The van der Waals surface area contributed by atoms with E-state index in [9.17, 15) is 0 Å². The number of benzene rings is 1. The Labute approximate surface area is 120 Å². The summed E-state index contributed by atoms with van der Waals surface area (Å²) in [5, 5.41) is 0. The molecule has 1 aromatic carbocycles. The molecule has 0 atom stereocenters. The molecule has 0 bridgehead atoms. The van der Waals surface area contributed by atoms with Gasteiger partial charge < -0.3 is 16.2 Å². The normalized spacial score (nSPS) is 29.3. The fraction of sp³-hybridized carbons (Fsp3) is 0.562. The van der Waals surface area contributed by atoms with Crippen LogP contribution in [0.25, 0.3) is 0 Å². The highest BCUT2D eigenvalue weighted by molar-refractivity contribution is 5.98. The largest absolute Gasteiger partial charge is 0.493 e. The van der Waals surface area contributed by atoms with Gasteiger partial charge in [0.1, 0.15) is 11.6 Å². The lowest BCUT2D eigenvalue weighted by atomic mass is 9.67. The van der Waals surface area contributed by atoms with E-state index in [1.54, 1.807) is 0 Å². The number of rotatable bonds is 3. The molecule has 4 heteroatoms. The molecule has 1 aliphatic heterocycles. The van der Waals surface area contributed by atoms with Crippen LogP contribution in [-0.4, -0.2) is 25.0 Å². The van der Waals surface area contributed by atoms with Gasteiger partial charge in [-0.05, 0) is 61.4 Å². The maximum absolute atomic E-state index is 6.15. The molecule has 108 valence electrons. The van der Waals surface area contributed by atoms with E-state index in [0.29, 0.717) is 11.9 Å². The molecule has 1 saturated carbocycles. The molecule has 4 N–H and O–H groups in total. The molecule has 0 spiro atoms. The van der Waals surface area contributed by atoms with Crippen molar-refractivity contribution >= 4 is 5.84 Å². The quantitative estimate of drug-likeness (QED) is 0.652. The van der Waals surface area contributed by atoms with E-state index in [1.807, 2.05) is 12.1 Å². The molecule has 1 fully saturated rings. The highest BCUT2D eigenvalue weighted by Gasteiger charge is 2.39. The molecule has 1 heterocycles. The topological polar surface area (TPSA) is 73.6 Å². The molecule has 2 aliphatic rings. The highest BCUT2D eigenvalue weighted by Crippen LogP contribution is 2.41. The van der Waals surface area contributed by atoms with Crippen LogP contribution in [0.5, 0.6) is 5.75 Å². The van der Waals surface area contributed by atoms with E-state index in [-0.39, 0.29) is 5.41 Å². The molecular weight excluding hydrogens is 250 g/mol. The number of hydrogen-bond acceptors (Lipinski definition) is 3. The molecule has 4 nitrogen and oxygen atoms in total. The molecule has 0 saturated heterocycles. The van der Waals surface area contributed by atoms with Gasteiger partial charge in [-0.15, -0.1) is 0 Å². The lowest BCUT2D eigenvalue weighted by molar-refractivity contribution is 0.141. The molecule has 0 unspecified atom stereocenters. The molecule has 3 rings (SSSR count). The summed E-state index contributed by atoms with van der Waals surface area (Å²) < 4.78 is 5.62. The van der Waals surface area contributed by atoms with Crippen molar-refractivity contribution in [3.63, 3.8) is 0 Å². The third kappa shape index (κ3) is 2.52. The Morgan fingerprint density at radius 1 is 1.45 bits per heavy atom. The maximum Gasteiger partial charge on any atom is 0.125 e. The van der Waals surface area contributed by atoms with Gasteiger partial charge in [0.25, 0.3) is 0 Å². The zero-order valence-corrected chi connectivity index (χ0v) is 12.1. The first-order valence-electron chi connectivity index (χ1n) is 7.39. The summed E-state index contributed by atoms with van der Waals surface area (Å²) in [6, 6.07) is 6.46. The minimum Gasteiger partial charge on any atom is -0.493 e. The SMILES string of the molecule is CC1(CN)CC(N=C(N)c2ccc3c(c2)CCCO3)C1. The average molecular weight is 273 g/mol. The van der Waals surface area contributed by atoms with Crippen molar-refractivity contribution in [3.05, 3.63) is 29.3 Å². The summed E-state index contributed by atoms with van der Waals surface area (Å²) in [5.74, 6) is 1.63. The maximum atomic E-state index is 6.15. The van der Waals surface area contributed by atoms with Gasteiger partial charge in [-0.3, -0.25) is 4.99 Å². The Morgan fingerprint density at radius 2 is 2.25 bits per heavy atom. The third-order valence-electron chi connectivity index (χ3n) is 4.48. The molecule has 0 radical (unpaired) electrons. The first-order valence-corrected chi connectivity index (χ1v) is 7.39. The molecule has 0 amide bonds. The van der Waals surface area contributed by atoms with Crippen molar-refractivity contribution in [2.75, 3.05) is 13.2 Å². The minimum absolute atomic E-state index is 0.262. The second-order valence-corrected chi connectivity index (χ2v) is 6.37. The number of hydrogen-bond donors (Lipinski definition) is 2. The van der Waals surface area contributed by atoms with E-state index in [2.05, 4.69) is 18.0 Å². The number of aliphatic imine (C=N–C) groups is 1. The summed E-state index contributed by atoms with van der Waals surface area (Å²) in [7, 11) is 0. The standard InChI is InChI=1S/C16H23N3O/c1-16(10-17)8-13(9-16)19-15(18)12-4-5-14-11(7-12)3-2-6-20-14/h4-5,7,13H,2-3,6,8-10,17H2,1H3,(H2,18,19). The molecular formula is C16H23N3O. The lowest BCUT2D eigenvalue weighted by Crippen LogP contribution is -2.43. The van der Waals surface area contributed by atoms with E-state index in [0.717, 1.165) is 50.1 Å². The van der Waals surface area contributed by atoms with Crippen molar-refractivity contribution in [2.24, 2.45) is 21.9 Å². The van der Waals surface area contributed by atoms with Crippen molar-refractivity contribution in [1.29, 1.82) is 0 Å². The van der Waals surface area contributed by atoms with Crippen LogP contribution in [0.15, 0.2) is 23.2 Å². The third-order valence-corrected chi connectivity index (χ3v) is 4.48. The van der Waals surface area contributed by atoms with Crippen molar-refractivity contribution in [1.82, 2.24) is 0 Å². The monoisotopic (exact) mass is 273 g/mol. The van der Waals surface area contributed by atoms with Crippen molar-refractivity contribution in [3.8, 4) is 5.75 Å². The van der Waals surface area contributed by atoms with Crippen LogP contribution in [0.2, 0.25) is 0 Å². The van der Waals surface area contributed by atoms with Gasteiger partial charge >= 0.3 is 0 Å². The van der Waals surface area contributed by atoms with Gasteiger partial charge in [-0.25, -0.2) is 0 Å². The number of fused-ring (bicyclic) bond motifs is 1. The Bertz CT molecular complexity index is 533. The zero-order valence-electron chi connectivity index (χ0n) is 12.1. The molecule has 0 aromatic heterocycles. The van der Waals surface area contributed by atoms with E-state index >= 15 is 0 Å². The minimum atomic E-state index is 0.262.